The lowest BCUT2D eigenvalue weighted by molar-refractivity contribution is -0.127. The van der Waals surface area contributed by atoms with Gasteiger partial charge in [-0.3, -0.25) is 4.79 Å². The van der Waals surface area contributed by atoms with E-state index in [2.05, 4.69) is 10.1 Å². The van der Waals surface area contributed by atoms with E-state index in [9.17, 15) is 4.79 Å². The number of ether oxygens (including phenoxy) is 1. The number of aryl methyl sites for hydroxylation is 1. The van der Waals surface area contributed by atoms with Crippen molar-refractivity contribution in [1.29, 1.82) is 0 Å². The number of hydrogen-bond donors (Lipinski definition) is 0. The molecule has 19 heavy (non-hydrogen) atoms. The molecule has 2 aromatic rings. The minimum absolute atomic E-state index is 0.102. The molecule has 1 unspecified atom stereocenters. The van der Waals surface area contributed by atoms with Gasteiger partial charge in [-0.2, -0.15) is 4.98 Å². The summed E-state index contributed by atoms with van der Waals surface area (Å²) in [6.07, 6.45) is 0.410. The van der Waals surface area contributed by atoms with E-state index in [0.29, 0.717) is 31.3 Å². The second-order valence-electron chi connectivity index (χ2n) is 4.67. The molecule has 0 N–H and O–H groups in total. The number of ketones is 1. The number of carbonyl (C=O) groups is 1. The van der Waals surface area contributed by atoms with Crippen molar-refractivity contribution >= 4 is 5.78 Å². The fraction of sp³-hybridized carbons (Fsp3) is 0.357. The Kier molecular flexibility index (Phi) is 3.13. The average Bonchev–Trinajstić information content (AvgIpc) is 2.89. The standard InChI is InChI=1S/C14H14N2O3/c1-9-3-2-4-10(7-9)13-15-14(19-16-13)11-8-18-6-5-12(11)17/h2-4,7,11H,5-6,8H2,1H3. The largest absolute Gasteiger partial charge is 0.380 e. The van der Waals surface area contributed by atoms with Crippen LogP contribution in [0.1, 0.15) is 23.8 Å². The summed E-state index contributed by atoms with van der Waals surface area (Å²) in [7, 11) is 0. The molecule has 0 bridgehead atoms. The van der Waals surface area contributed by atoms with Crippen LogP contribution in [0.25, 0.3) is 11.4 Å². The van der Waals surface area contributed by atoms with Crippen LogP contribution in [-0.2, 0) is 9.53 Å². The lowest BCUT2D eigenvalue weighted by Crippen LogP contribution is -2.25. The zero-order valence-electron chi connectivity index (χ0n) is 10.6. The smallest absolute Gasteiger partial charge is 0.239 e. The van der Waals surface area contributed by atoms with Gasteiger partial charge in [0.1, 0.15) is 11.7 Å². The number of Topliss-reactive ketones (excluding diaryl/α,β-unsaturated/α-hetero) is 1. The third kappa shape index (κ3) is 2.42. The first-order valence-electron chi connectivity index (χ1n) is 6.25. The molecular formula is C14H14N2O3. The second-order valence-corrected chi connectivity index (χ2v) is 4.67. The van der Waals surface area contributed by atoms with Crippen molar-refractivity contribution in [2.45, 2.75) is 19.3 Å². The summed E-state index contributed by atoms with van der Waals surface area (Å²) in [4.78, 5) is 16.1. The van der Waals surface area contributed by atoms with Gasteiger partial charge >= 0.3 is 0 Å². The third-order valence-electron chi connectivity index (χ3n) is 3.18. The normalized spacial score (nSPS) is 19.6. The fourth-order valence-corrected chi connectivity index (χ4v) is 2.13. The van der Waals surface area contributed by atoms with E-state index >= 15 is 0 Å². The van der Waals surface area contributed by atoms with Crippen molar-refractivity contribution in [1.82, 2.24) is 10.1 Å². The fourth-order valence-electron chi connectivity index (χ4n) is 2.13. The Labute approximate surface area is 110 Å². The Hall–Kier alpha value is -2.01. The van der Waals surface area contributed by atoms with Gasteiger partial charge in [0.25, 0.3) is 0 Å². The highest BCUT2D eigenvalue weighted by Gasteiger charge is 2.29. The van der Waals surface area contributed by atoms with Gasteiger partial charge in [0.05, 0.1) is 13.2 Å². The van der Waals surface area contributed by atoms with Crippen molar-refractivity contribution in [3.63, 3.8) is 0 Å². The van der Waals surface area contributed by atoms with E-state index in [4.69, 9.17) is 9.26 Å². The molecule has 1 atom stereocenters. The van der Waals surface area contributed by atoms with Gasteiger partial charge in [0.15, 0.2) is 0 Å². The number of rotatable bonds is 2. The molecule has 0 radical (unpaired) electrons. The first-order valence-corrected chi connectivity index (χ1v) is 6.25. The number of hydrogen-bond acceptors (Lipinski definition) is 5. The van der Waals surface area contributed by atoms with Gasteiger partial charge < -0.3 is 9.26 Å². The summed E-state index contributed by atoms with van der Waals surface area (Å²) < 4.78 is 10.5. The SMILES string of the molecule is Cc1cccc(-c2noc(C3COCCC3=O)n2)c1. The Bertz CT molecular complexity index is 606. The summed E-state index contributed by atoms with van der Waals surface area (Å²) in [6.45, 7) is 2.81. The monoisotopic (exact) mass is 258 g/mol. The van der Waals surface area contributed by atoms with Crippen LogP contribution < -0.4 is 0 Å². The maximum Gasteiger partial charge on any atom is 0.239 e. The van der Waals surface area contributed by atoms with Crippen LogP contribution in [-0.4, -0.2) is 29.1 Å². The van der Waals surface area contributed by atoms with Gasteiger partial charge in [-0.15, -0.1) is 0 Å². The molecular weight excluding hydrogens is 244 g/mol. The van der Waals surface area contributed by atoms with Crippen molar-refractivity contribution in [2.75, 3.05) is 13.2 Å². The highest BCUT2D eigenvalue weighted by molar-refractivity contribution is 5.85. The first kappa shape index (κ1) is 12.0. The topological polar surface area (TPSA) is 65.2 Å². The highest BCUT2D eigenvalue weighted by Crippen LogP contribution is 2.24. The van der Waals surface area contributed by atoms with Crippen LogP contribution in [0.15, 0.2) is 28.8 Å². The maximum atomic E-state index is 11.8. The number of benzene rings is 1. The zero-order valence-corrected chi connectivity index (χ0v) is 10.6. The Balaban J connectivity index is 1.89. The summed E-state index contributed by atoms with van der Waals surface area (Å²) in [5.74, 6) is 0.545. The van der Waals surface area contributed by atoms with Crippen LogP contribution in [0.4, 0.5) is 0 Å². The molecule has 0 spiro atoms. The van der Waals surface area contributed by atoms with E-state index in [1.165, 1.54) is 0 Å². The molecule has 1 aromatic carbocycles. The molecule has 1 saturated heterocycles. The molecule has 1 aromatic heterocycles. The second kappa shape index (κ2) is 4.93. The molecule has 5 heteroatoms. The Morgan fingerprint density at radius 3 is 3.05 bits per heavy atom. The van der Waals surface area contributed by atoms with Crippen LogP contribution in [0.2, 0.25) is 0 Å². The van der Waals surface area contributed by atoms with Crippen LogP contribution in [0.3, 0.4) is 0 Å². The van der Waals surface area contributed by atoms with Gasteiger partial charge in [0, 0.05) is 12.0 Å². The lowest BCUT2D eigenvalue weighted by atomic mass is 10.0. The first-order chi connectivity index (χ1) is 9.24. The predicted octanol–water partition coefficient (Wildman–Crippen LogP) is 2.12. The molecule has 1 aliphatic rings. The molecule has 0 amide bonds. The summed E-state index contributed by atoms with van der Waals surface area (Å²) in [5.41, 5.74) is 2.01. The molecule has 0 saturated carbocycles. The highest BCUT2D eigenvalue weighted by atomic mass is 16.5. The molecule has 98 valence electrons. The van der Waals surface area contributed by atoms with Gasteiger partial charge in [-0.25, -0.2) is 0 Å². The van der Waals surface area contributed by atoms with E-state index in [1.807, 2.05) is 31.2 Å². The number of carbonyl (C=O) groups excluding carboxylic acids is 1. The van der Waals surface area contributed by atoms with Gasteiger partial charge in [-0.05, 0) is 13.0 Å². The quantitative estimate of drug-likeness (QED) is 0.825. The maximum absolute atomic E-state index is 11.8. The van der Waals surface area contributed by atoms with Crippen LogP contribution in [0, 0.1) is 6.92 Å². The summed E-state index contributed by atoms with van der Waals surface area (Å²) >= 11 is 0. The van der Waals surface area contributed by atoms with Crippen molar-refractivity contribution in [2.24, 2.45) is 0 Å². The Morgan fingerprint density at radius 2 is 2.26 bits per heavy atom. The van der Waals surface area contributed by atoms with Crippen LogP contribution in [0.5, 0.6) is 0 Å². The molecule has 1 fully saturated rings. The van der Waals surface area contributed by atoms with E-state index < -0.39 is 5.92 Å². The minimum atomic E-state index is -0.417. The number of aromatic nitrogens is 2. The lowest BCUT2D eigenvalue weighted by Gasteiger charge is -2.16. The Morgan fingerprint density at radius 1 is 1.37 bits per heavy atom. The van der Waals surface area contributed by atoms with Crippen molar-refractivity contribution in [3.05, 3.63) is 35.7 Å². The van der Waals surface area contributed by atoms with Gasteiger partial charge in [-0.1, -0.05) is 28.9 Å². The molecule has 3 rings (SSSR count). The molecule has 1 aliphatic heterocycles. The molecule has 0 aliphatic carbocycles. The van der Waals surface area contributed by atoms with Gasteiger partial charge in [0.2, 0.25) is 11.7 Å². The zero-order chi connectivity index (χ0) is 13.2. The van der Waals surface area contributed by atoms with Crippen molar-refractivity contribution < 1.29 is 14.1 Å². The third-order valence-corrected chi connectivity index (χ3v) is 3.18. The van der Waals surface area contributed by atoms with E-state index in [-0.39, 0.29) is 5.78 Å². The average molecular weight is 258 g/mol. The van der Waals surface area contributed by atoms with E-state index in [0.717, 1.165) is 11.1 Å². The van der Waals surface area contributed by atoms with Crippen molar-refractivity contribution in [3.8, 4) is 11.4 Å². The minimum Gasteiger partial charge on any atom is -0.380 e. The van der Waals surface area contributed by atoms with E-state index in [1.54, 1.807) is 0 Å². The molecule has 2 heterocycles. The summed E-state index contributed by atoms with van der Waals surface area (Å²) in [5, 5.41) is 3.94. The molecule has 5 nitrogen and oxygen atoms in total. The summed E-state index contributed by atoms with van der Waals surface area (Å²) in [6, 6.07) is 7.84. The van der Waals surface area contributed by atoms with Crippen LogP contribution >= 0.6 is 0 Å². The predicted molar refractivity (Wildman–Crippen MR) is 67.7 cm³/mol. The number of nitrogens with zero attached hydrogens (tertiary/aromatic N) is 2.